The molecule has 0 bridgehead atoms. The first kappa shape index (κ1) is 14.8. The second kappa shape index (κ2) is 7.26. The van der Waals surface area contributed by atoms with Crippen molar-refractivity contribution in [2.75, 3.05) is 0 Å². The van der Waals surface area contributed by atoms with Crippen molar-refractivity contribution in [3.05, 3.63) is 23.4 Å². The van der Waals surface area contributed by atoms with E-state index in [0.717, 1.165) is 30.6 Å². The summed E-state index contributed by atoms with van der Waals surface area (Å²) < 4.78 is 6.20. The van der Waals surface area contributed by atoms with Gasteiger partial charge in [0.25, 0.3) is 0 Å². The average Bonchev–Trinajstić information content (AvgIpc) is 3.32. The third-order valence-corrected chi connectivity index (χ3v) is 4.54. The van der Waals surface area contributed by atoms with Crippen molar-refractivity contribution < 1.29 is 4.74 Å². The molecule has 116 valence electrons. The standard InChI is InChI=1S/C18H28N2O/c1-2-15-11-14(13-19-16-9-10-16)12-18(20-15)21-17-7-5-3-4-6-8-17/h11-12,16-17,19H,2-10,13H2,1H3. The molecule has 0 atom stereocenters. The zero-order valence-corrected chi connectivity index (χ0v) is 13.2. The van der Waals surface area contributed by atoms with E-state index in [4.69, 9.17) is 4.74 Å². The van der Waals surface area contributed by atoms with Gasteiger partial charge in [0.15, 0.2) is 0 Å². The average molecular weight is 288 g/mol. The highest BCUT2D eigenvalue weighted by Crippen LogP contribution is 2.24. The van der Waals surface area contributed by atoms with Gasteiger partial charge in [0.2, 0.25) is 5.88 Å². The fraction of sp³-hybridized carbons (Fsp3) is 0.722. The lowest BCUT2D eigenvalue weighted by molar-refractivity contribution is 0.175. The van der Waals surface area contributed by atoms with E-state index in [0.29, 0.717) is 6.10 Å². The Labute approximate surface area is 128 Å². The molecule has 2 aliphatic carbocycles. The molecule has 1 heterocycles. The number of hydrogen-bond acceptors (Lipinski definition) is 3. The van der Waals surface area contributed by atoms with E-state index in [9.17, 15) is 0 Å². The van der Waals surface area contributed by atoms with Crippen molar-refractivity contribution in [2.45, 2.75) is 83.4 Å². The Bertz CT molecular complexity index is 449. The van der Waals surface area contributed by atoms with Crippen LogP contribution >= 0.6 is 0 Å². The Morgan fingerprint density at radius 1 is 1.10 bits per heavy atom. The number of hydrogen-bond donors (Lipinski definition) is 1. The van der Waals surface area contributed by atoms with Crippen LogP contribution in [-0.4, -0.2) is 17.1 Å². The lowest BCUT2D eigenvalue weighted by atomic mass is 10.1. The van der Waals surface area contributed by atoms with Crippen LogP contribution in [0.25, 0.3) is 0 Å². The monoisotopic (exact) mass is 288 g/mol. The molecule has 21 heavy (non-hydrogen) atoms. The molecular formula is C18H28N2O. The molecule has 3 heteroatoms. The smallest absolute Gasteiger partial charge is 0.214 e. The third kappa shape index (κ3) is 4.70. The first-order valence-electron chi connectivity index (χ1n) is 8.73. The minimum absolute atomic E-state index is 0.372. The molecule has 2 saturated carbocycles. The fourth-order valence-corrected chi connectivity index (χ4v) is 3.04. The SMILES string of the molecule is CCc1cc(CNC2CC2)cc(OC2CCCCCC2)n1. The van der Waals surface area contributed by atoms with Crippen LogP contribution in [0.5, 0.6) is 5.88 Å². The van der Waals surface area contributed by atoms with Crippen molar-refractivity contribution in [3.63, 3.8) is 0 Å². The molecule has 3 nitrogen and oxygen atoms in total. The van der Waals surface area contributed by atoms with E-state index >= 15 is 0 Å². The molecule has 0 spiro atoms. The molecule has 1 aromatic heterocycles. The van der Waals surface area contributed by atoms with Gasteiger partial charge < -0.3 is 10.1 Å². The predicted molar refractivity (Wildman–Crippen MR) is 85.6 cm³/mol. The van der Waals surface area contributed by atoms with Crippen LogP contribution in [-0.2, 0) is 13.0 Å². The second-order valence-corrected chi connectivity index (χ2v) is 6.55. The summed E-state index contributed by atoms with van der Waals surface area (Å²) in [5.41, 5.74) is 2.46. The number of nitrogens with zero attached hydrogens (tertiary/aromatic N) is 1. The first-order valence-corrected chi connectivity index (χ1v) is 8.73. The van der Waals surface area contributed by atoms with Crippen LogP contribution in [0.15, 0.2) is 12.1 Å². The third-order valence-electron chi connectivity index (χ3n) is 4.54. The number of rotatable bonds is 6. The van der Waals surface area contributed by atoms with Gasteiger partial charge in [-0.3, -0.25) is 0 Å². The minimum Gasteiger partial charge on any atom is -0.474 e. The molecule has 0 radical (unpaired) electrons. The largest absolute Gasteiger partial charge is 0.474 e. The quantitative estimate of drug-likeness (QED) is 0.803. The van der Waals surface area contributed by atoms with Gasteiger partial charge in [0.05, 0.1) is 0 Å². The predicted octanol–water partition coefficient (Wildman–Crippen LogP) is 4.00. The van der Waals surface area contributed by atoms with Crippen LogP contribution in [0, 0.1) is 0 Å². The molecule has 2 aliphatic rings. The van der Waals surface area contributed by atoms with Crippen molar-refractivity contribution in [2.24, 2.45) is 0 Å². The van der Waals surface area contributed by atoms with Crippen LogP contribution in [0.4, 0.5) is 0 Å². The van der Waals surface area contributed by atoms with Gasteiger partial charge in [0.1, 0.15) is 6.10 Å². The lowest BCUT2D eigenvalue weighted by Gasteiger charge is -2.17. The van der Waals surface area contributed by atoms with Crippen molar-refractivity contribution >= 4 is 0 Å². The van der Waals surface area contributed by atoms with Crippen molar-refractivity contribution in [1.29, 1.82) is 0 Å². The van der Waals surface area contributed by atoms with Crippen LogP contribution < -0.4 is 10.1 Å². The van der Waals surface area contributed by atoms with E-state index in [1.165, 1.54) is 56.9 Å². The summed E-state index contributed by atoms with van der Waals surface area (Å²) in [7, 11) is 0. The van der Waals surface area contributed by atoms with Crippen LogP contribution in [0.3, 0.4) is 0 Å². The molecule has 0 aliphatic heterocycles. The zero-order valence-electron chi connectivity index (χ0n) is 13.2. The summed E-state index contributed by atoms with van der Waals surface area (Å²) >= 11 is 0. The number of pyridine rings is 1. The van der Waals surface area contributed by atoms with E-state index in [1.54, 1.807) is 0 Å². The Hall–Kier alpha value is -1.09. The maximum Gasteiger partial charge on any atom is 0.214 e. The minimum atomic E-state index is 0.372. The maximum absolute atomic E-state index is 6.20. The molecule has 0 aromatic carbocycles. The summed E-state index contributed by atoms with van der Waals surface area (Å²) in [6, 6.07) is 5.10. The highest BCUT2D eigenvalue weighted by Gasteiger charge is 2.20. The van der Waals surface area contributed by atoms with Gasteiger partial charge in [-0.25, -0.2) is 4.98 Å². The Morgan fingerprint density at radius 2 is 1.86 bits per heavy atom. The zero-order chi connectivity index (χ0) is 14.5. The normalized spacial score (nSPS) is 20.2. The topological polar surface area (TPSA) is 34.1 Å². The first-order chi connectivity index (χ1) is 10.3. The number of aryl methyl sites for hydroxylation is 1. The summed E-state index contributed by atoms with van der Waals surface area (Å²) in [6.07, 6.45) is 11.7. The van der Waals surface area contributed by atoms with E-state index in [1.807, 2.05) is 0 Å². The molecule has 0 unspecified atom stereocenters. The molecule has 0 saturated heterocycles. The molecular weight excluding hydrogens is 260 g/mol. The van der Waals surface area contributed by atoms with E-state index in [2.05, 4.69) is 29.4 Å². The maximum atomic E-state index is 6.20. The highest BCUT2D eigenvalue weighted by atomic mass is 16.5. The Balaban J connectivity index is 1.65. The van der Waals surface area contributed by atoms with Gasteiger partial charge in [-0.1, -0.05) is 19.8 Å². The number of aromatic nitrogens is 1. The summed E-state index contributed by atoms with van der Waals surface area (Å²) in [4.78, 5) is 4.67. The molecule has 1 aromatic rings. The molecule has 2 fully saturated rings. The van der Waals surface area contributed by atoms with E-state index in [-0.39, 0.29) is 0 Å². The summed E-state index contributed by atoms with van der Waals surface area (Å²) in [5.74, 6) is 0.842. The van der Waals surface area contributed by atoms with Crippen LogP contribution in [0.1, 0.15) is 69.5 Å². The highest BCUT2D eigenvalue weighted by molar-refractivity contribution is 5.25. The Kier molecular flexibility index (Phi) is 5.13. The van der Waals surface area contributed by atoms with Gasteiger partial charge in [0, 0.05) is 24.3 Å². The van der Waals surface area contributed by atoms with Crippen molar-refractivity contribution in [3.8, 4) is 5.88 Å². The molecule has 0 amide bonds. The Morgan fingerprint density at radius 3 is 2.52 bits per heavy atom. The lowest BCUT2D eigenvalue weighted by Crippen LogP contribution is -2.18. The molecule has 1 N–H and O–H groups in total. The van der Waals surface area contributed by atoms with Gasteiger partial charge in [-0.15, -0.1) is 0 Å². The second-order valence-electron chi connectivity index (χ2n) is 6.55. The number of ether oxygens (including phenoxy) is 1. The van der Waals surface area contributed by atoms with Crippen LogP contribution in [0.2, 0.25) is 0 Å². The number of nitrogens with one attached hydrogen (secondary N) is 1. The van der Waals surface area contributed by atoms with E-state index < -0.39 is 0 Å². The summed E-state index contributed by atoms with van der Waals surface area (Å²) in [5, 5.41) is 3.58. The van der Waals surface area contributed by atoms with Crippen molar-refractivity contribution in [1.82, 2.24) is 10.3 Å². The van der Waals surface area contributed by atoms with Gasteiger partial charge >= 0.3 is 0 Å². The van der Waals surface area contributed by atoms with Gasteiger partial charge in [-0.2, -0.15) is 0 Å². The molecule has 3 rings (SSSR count). The fourth-order valence-electron chi connectivity index (χ4n) is 3.04. The van der Waals surface area contributed by atoms with Gasteiger partial charge in [-0.05, 0) is 56.6 Å². The summed E-state index contributed by atoms with van der Waals surface area (Å²) in [6.45, 7) is 3.11.